The molecule has 8 heteroatoms. The quantitative estimate of drug-likeness (QED) is 0.232. The zero-order chi connectivity index (χ0) is 26.9. The van der Waals surface area contributed by atoms with Crippen LogP contribution in [0, 0.1) is 0 Å². The van der Waals surface area contributed by atoms with Crippen LogP contribution in [0.3, 0.4) is 0 Å². The number of amides is 2. The summed E-state index contributed by atoms with van der Waals surface area (Å²) in [6.45, 7) is 0.261. The van der Waals surface area contributed by atoms with Crippen LogP contribution in [0.4, 0.5) is 0 Å². The Bertz CT molecular complexity index is 1220. The van der Waals surface area contributed by atoms with E-state index in [0.29, 0.717) is 27.2 Å². The zero-order valence-corrected chi connectivity index (χ0v) is 24.1. The molecule has 0 bridgehead atoms. The van der Waals surface area contributed by atoms with E-state index in [0.717, 1.165) is 41.7 Å². The van der Waals surface area contributed by atoms with E-state index in [1.807, 2.05) is 60.7 Å². The van der Waals surface area contributed by atoms with Crippen LogP contribution in [0.15, 0.2) is 77.7 Å². The summed E-state index contributed by atoms with van der Waals surface area (Å²) in [7, 11) is 0. The smallest absolute Gasteiger partial charge is 0.243 e. The van der Waals surface area contributed by atoms with Crippen molar-refractivity contribution in [2.24, 2.45) is 0 Å². The van der Waals surface area contributed by atoms with Gasteiger partial charge in [0.05, 0.1) is 10.0 Å². The Kier molecular flexibility index (Phi) is 10.8. The fourth-order valence-electron chi connectivity index (χ4n) is 4.69. The molecule has 38 heavy (non-hydrogen) atoms. The average molecular weight is 590 g/mol. The van der Waals surface area contributed by atoms with E-state index < -0.39 is 6.04 Å². The third kappa shape index (κ3) is 8.41. The molecule has 0 aliphatic heterocycles. The van der Waals surface area contributed by atoms with Crippen molar-refractivity contribution in [3.05, 3.63) is 99.0 Å². The normalized spacial score (nSPS) is 14.3. The summed E-state index contributed by atoms with van der Waals surface area (Å²) < 4.78 is 0. The molecule has 0 saturated heterocycles. The fourth-order valence-corrected chi connectivity index (χ4v) is 5.97. The lowest BCUT2D eigenvalue weighted by molar-refractivity contribution is -0.141. The maximum atomic E-state index is 13.8. The van der Waals surface area contributed by atoms with Gasteiger partial charge >= 0.3 is 0 Å². The molecule has 1 atom stereocenters. The van der Waals surface area contributed by atoms with Crippen molar-refractivity contribution < 1.29 is 9.59 Å². The van der Waals surface area contributed by atoms with Gasteiger partial charge in [-0.3, -0.25) is 9.59 Å². The van der Waals surface area contributed by atoms with Gasteiger partial charge in [0.25, 0.3) is 0 Å². The van der Waals surface area contributed by atoms with E-state index in [1.54, 1.807) is 28.8 Å². The summed E-state index contributed by atoms with van der Waals surface area (Å²) in [5.74, 6) is 0.389. The number of halogens is 3. The van der Waals surface area contributed by atoms with Crippen molar-refractivity contribution in [1.82, 2.24) is 10.2 Å². The second-order valence-corrected chi connectivity index (χ2v) is 11.9. The van der Waals surface area contributed by atoms with Gasteiger partial charge in [0, 0.05) is 41.1 Å². The minimum atomic E-state index is -0.652. The van der Waals surface area contributed by atoms with E-state index in [1.165, 1.54) is 0 Å². The maximum Gasteiger partial charge on any atom is 0.243 e. The van der Waals surface area contributed by atoms with Crippen LogP contribution >= 0.6 is 46.6 Å². The van der Waals surface area contributed by atoms with E-state index >= 15 is 0 Å². The van der Waals surface area contributed by atoms with Crippen LogP contribution in [-0.2, 0) is 22.6 Å². The van der Waals surface area contributed by atoms with Crippen molar-refractivity contribution in [3.8, 4) is 0 Å². The molecule has 2 amide bonds. The molecule has 4 rings (SSSR count). The van der Waals surface area contributed by atoms with Gasteiger partial charge in [-0.15, -0.1) is 11.8 Å². The van der Waals surface area contributed by atoms with Crippen LogP contribution in [0.2, 0.25) is 15.1 Å². The first-order valence-electron chi connectivity index (χ1n) is 12.8. The predicted octanol–water partition coefficient (Wildman–Crippen LogP) is 7.83. The summed E-state index contributed by atoms with van der Waals surface area (Å²) in [5.41, 5.74) is 1.83. The van der Waals surface area contributed by atoms with Crippen LogP contribution in [0.25, 0.3) is 0 Å². The molecule has 0 spiro atoms. The molecular weight excluding hydrogens is 559 g/mol. The lowest BCUT2D eigenvalue weighted by Gasteiger charge is -2.32. The van der Waals surface area contributed by atoms with E-state index in [-0.39, 0.29) is 30.8 Å². The van der Waals surface area contributed by atoms with Gasteiger partial charge in [-0.1, -0.05) is 84.0 Å². The molecule has 1 saturated carbocycles. The lowest BCUT2D eigenvalue weighted by atomic mass is 10.0. The van der Waals surface area contributed by atoms with Crippen LogP contribution < -0.4 is 5.32 Å². The van der Waals surface area contributed by atoms with Crippen LogP contribution in [-0.4, -0.2) is 34.6 Å². The predicted molar refractivity (Wildman–Crippen MR) is 158 cm³/mol. The van der Waals surface area contributed by atoms with Gasteiger partial charge in [-0.2, -0.15) is 0 Å². The fraction of sp³-hybridized carbons (Fsp3) is 0.333. The first kappa shape index (κ1) is 28.8. The van der Waals surface area contributed by atoms with E-state index in [9.17, 15) is 9.59 Å². The van der Waals surface area contributed by atoms with Crippen molar-refractivity contribution in [2.45, 2.75) is 62.0 Å². The number of carbonyl (C=O) groups excluding carboxylic acids is 2. The highest BCUT2D eigenvalue weighted by Crippen LogP contribution is 2.26. The largest absolute Gasteiger partial charge is 0.352 e. The standard InChI is InChI=1S/C30H31Cl3N2O2S/c31-23-11-13-25(14-12-23)38-17-16-29(36)35(20-22-10-15-26(32)27(33)18-22)28(19-21-6-2-1-3-7-21)30(37)34-24-8-4-5-9-24/h1-3,6-7,10-15,18,24,28H,4-5,8-9,16-17,19-20H2,(H,34,37)/t28-/m0/s1. The van der Waals surface area contributed by atoms with Gasteiger partial charge in [0.15, 0.2) is 0 Å². The molecule has 3 aromatic rings. The van der Waals surface area contributed by atoms with Gasteiger partial charge in [0.1, 0.15) is 6.04 Å². The Balaban J connectivity index is 1.57. The van der Waals surface area contributed by atoms with Crippen LogP contribution in [0.5, 0.6) is 0 Å². The number of nitrogens with one attached hydrogen (secondary N) is 1. The summed E-state index contributed by atoms with van der Waals surface area (Å²) in [4.78, 5) is 30.2. The number of carbonyl (C=O) groups is 2. The number of thioether (sulfide) groups is 1. The van der Waals surface area contributed by atoms with Crippen molar-refractivity contribution in [1.29, 1.82) is 0 Å². The molecule has 0 radical (unpaired) electrons. The number of hydrogen-bond acceptors (Lipinski definition) is 3. The highest BCUT2D eigenvalue weighted by Gasteiger charge is 2.32. The topological polar surface area (TPSA) is 49.4 Å². The molecule has 3 aromatic carbocycles. The Morgan fingerprint density at radius 3 is 2.29 bits per heavy atom. The summed E-state index contributed by atoms with van der Waals surface area (Å²) in [5, 5.41) is 4.78. The SMILES string of the molecule is O=C(NC1CCCC1)[C@H](Cc1ccccc1)N(Cc1ccc(Cl)c(Cl)c1)C(=O)CCSc1ccc(Cl)cc1. The summed E-state index contributed by atoms with van der Waals surface area (Å²) >= 11 is 20.0. The van der Waals surface area contributed by atoms with Gasteiger partial charge in [-0.25, -0.2) is 0 Å². The minimum Gasteiger partial charge on any atom is -0.352 e. The number of hydrogen-bond donors (Lipinski definition) is 1. The molecule has 200 valence electrons. The van der Waals surface area contributed by atoms with Crippen molar-refractivity contribution in [3.63, 3.8) is 0 Å². The zero-order valence-electron chi connectivity index (χ0n) is 21.0. The lowest BCUT2D eigenvalue weighted by Crippen LogP contribution is -2.52. The molecule has 1 aliphatic rings. The van der Waals surface area contributed by atoms with Gasteiger partial charge in [-0.05, 0) is 60.4 Å². The average Bonchev–Trinajstić information content (AvgIpc) is 3.43. The Hall–Kier alpha value is -2.18. The molecule has 1 N–H and O–H groups in total. The molecule has 0 aromatic heterocycles. The monoisotopic (exact) mass is 588 g/mol. The molecule has 0 unspecified atom stereocenters. The Morgan fingerprint density at radius 2 is 1.61 bits per heavy atom. The highest BCUT2D eigenvalue weighted by molar-refractivity contribution is 7.99. The highest BCUT2D eigenvalue weighted by atomic mass is 35.5. The Morgan fingerprint density at radius 1 is 0.895 bits per heavy atom. The van der Waals surface area contributed by atoms with Gasteiger partial charge in [0.2, 0.25) is 11.8 Å². The maximum absolute atomic E-state index is 13.8. The number of nitrogens with zero attached hydrogens (tertiary/aromatic N) is 1. The summed E-state index contributed by atoms with van der Waals surface area (Å²) in [6.07, 6.45) is 4.89. The molecule has 4 nitrogen and oxygen atoms in total. The first-order chi connectivity index (χ1) is 18.4. The minimum absolute atomic E-state index is 0.0833. The molecule has 1 aliphatic carbocycles. The molecule has 0 heterocycles. The second kappa shape index (κ2) is 14.3. The van der Waals surface area contributed by atoms with Gasteiger partial charge < -0.3 is 10.2 Å². The van der Waals surface area contributed by atoms with E-state index in [4.69, 9.17) is 34.8 Å². The molecule has 1 fully saturated rings. The Labute approximate surface area is 244 Å². The van der Waals surface area contributed by atoms with Crippen LogP contribution in [0.1, 0.15) is 43.2 Å². The first-order valence-corrected chi connectivity index (χ1v) is 15.0. The van der Waals surface area contributed by atoms with Crippen molar-refractivity contribution in [2.75, 3.05) is 5.75 Å². The van der Waals surface area contributed by atoms with Crippen molar-refractivity contribution >= 4 is 58.4 Å². The van der Waals surface area contributed by atoms with E-state index in [2.05, 4.69) is 5.32 Å². The number of rotatable bonds is 11. The molecular formula is C30H31Cl3N2O2S. The summed E-state index contributed by atoms with van der Waals surface area (Å²) in [6, 6.07) is 22.3. The number of benzene rings is 3. The second-order valence-electron chi connectivity index (χ2n) is 9.52. The third-order valence-electron chi connectivity index (χ3n) is 6.71. The third-order valence-corrected chi connectivity index (χ3v) is 8.71.